The summed E-state index contributed by atoms with van der Waals surface area (Å²) in [5.74, 6) is 1.78. The summed E-state index contributed by atoms with van der Waals surface area (Å²) < 4.78 is 10.6. The molecule has 9 nitrogen and oxygen atoms in total. The molecule has 1 fully saturated rings. The van der Waals surface area contributed by atoms with Crippen LogP contribution in [-0.4, -0.2) is 60.2 Å². The van der Waals surface area contributed by atoms with Crippen molar-refractivity contribution in [2.75, 3.05) is 44.0 Å². The summed E-state index contributed by atoms with van der Waals surface area (Å²) in [5, 5.41) is 8.28. The number of nitrogens with zero attached hydrogens (tertiary/aromatic N) is 4. The molecule has 2 aliphatic heterocycles. The number of aromatic nitrogens is 2. The van der Waals surface area contributed by atoms with Crippen LogP contribution < -0.4 is 10.6 Å². The fraction of sp³-hybridized carbons (Fsp3) is 0.400. The number of hydrogen-bond donors (Lipinski definition) is 2. The van der Waals surface area contributed by atoms with Crippen LogP contribution in [0.2, 0.25) is 0 Å². The number of aliphatic imine (C=N–C) groups is 1. The Hall–Kier alpha value is -2.82. The molecule has 0 radical (unpaired) electrons. The summed E-state index contributed by atoms with van der Waals surface area (Å²) in [6, 6.07) is 5.25. The molecule has 0 spiro atoms. The number of ether oxygens (including phenoxy) is 2. The molecule has 4 heterocycles. The lowest BCUT2D eigenvalue weighted by Gasteiger charge is -2.26. The van der Waals surface area contributed by atoms with E-state index >= 15 is 0 Å². The van der Waals surface area contributed by atoms with Crippen molar-refractivity contribution in [3.63, 3.8) is 0 Å². The van der Waals surface area contributed by atoms with Crippen LogP contribution >= 0.6 is 11.3 Å². The third kappa shape index (κ3) is 5.41. The molecule has 2 N–H and O–H groups in total. The maximum absolute atomic E-state index is 12.4. The molecule has 1 saturated heterocycles. The van der Waals surface area contributed by atoms with Gasteiger partial charge in [-0.25, -0.2) is 19.8 Å². The summed E-state index contributed by atoms with van der Waals surface area (Å²) in [7, 11) is 1.61. The monoisotopic (exact) mass is 428 g/mol. The second-order valence-electron chi connectivity index (χ2n) is 6.93. The molecule has 30 heavy (non-hydrogen) atoms. The summed E-state index contributed by atoms with van der Waals surface area (Å²) >= 11 is 1.49. The number of pyridine rings is 1. The van der Waals surface area contributed by atoms with Crippen molar-refractivity contribution in [1.82, 2.24) is 14.9 Å². The average molecular weight is 429 g/mol. The Morgan fingerprint density at radius 1 is 1.27 bits per heavy atom. The third-order valence-corrected chi connectivity index (χ3v) is 5.76. The van der Waals surface area contributed by atoms with Crippen LogP contribution in [0.25, 0.3) is 0 Å². The van der Waals surface area contributed by atoms with E-state index in [0.29, 0.717) is 24.0 Å². The molecule has 4 rings (SSSR count). The predicted octanol–water partition coefficient (Wildman–Crippen LogP) is 3.06. The van der Waals surface area contributed by atoms with E-state index in [9.17, 15) is 4.79 Å². The van der Waals surface area contributed by atoms with Gasteiger partial charge in [-0.2, -0.15) is 0 Å². The van der Waals surface area contributed by atoms with Crippen molar-refractivity contribution in [3.05, 3.63) is 46.6 Å². The smallest absolute Gasteiger partial charge is 0.326 e. The normalized spacial score (nSPS) is 19.2. The lowest BCUT2D eigenvalue weighted by Crippen LogP contribution is -2.35. The first-order valence-corrected chi connectivity index (χ1v) is 10.6. The van der Waals surface area contributed by atoms with Crippen LogP contribution in [0, 0.1) is 0 Å². The Balaban J connectivity index is 1.32. The number of carbonyl (C=O) groups is 1. The molecular weight excluding hydrogens is 404 g/mol. The van der Waals surface area contributed by atoms with E-state index in [0.717, 1.165) is 43.5 Å². The maximum Gasteiger partial charge on any atom is 0.326 e. The van der Waals surface area contributed by atoms with Gasteiger partial charge in [0.25, 0.3) is 0 Å². The molecule has 1 unspecified atom stereocenters. The number of allylic oxidation sites excluding steroid dienone is 1. The summed E-state index contributed by atoms with van der Waals surface area (Å²) in [6.45, 7) is 4.00. The zero-order valence-corrected chi connectivity index (χ0v) is 17.5. The number of morpholine rings is 1. The van der Waals surface area contributed by atoms with E-state index in [1.54, 1.807) is 19.4 Å². The van der Waals surface area contributed by atoms with E-state index in [4.69, 9.17) is 9.47 Å². The molecule has 2 aliphatic rings. The number of anilines is 2. The number of thiazole rings is 1. The predicted molar refractivity (Wildman–Crippen MR) is 116 cm³/mol. The molecule has 10 heteroatoms. The Bertz CT molecular complexity index is 938. The number of amides is 2. The zero-order valence-electron chi connectivity index (χ0n) is 16.7. The van der Waals surface area contributed by atoms with Crippen LogP contribution in [-0.2, 0) is 16.0 Å². The van der Waals surface area contributed by atoms with Crippen molar-refractivity contribution in [3.8, 4) is 0 Å². The van der Waals surface area contributed by atoms with Crippen molar-refractivity contribution < 1.29 is 14.3 Å². The molecule has 2 aromatic rings. The first-order chi connectivity index (χ1) is 14.7. The largest absolute Gasteiger partial charge is 0.484 e. The van der Waals surface area contributed by atoms with Gasteiger partial charge in [0.05, 0.1) is 26.0 Å². The Kier molecular flexibility index (Phi) is 6.67. The first-order valence-electron chi connectivity index (χ1n) is 9.76. The van der Waals surface area contributed by atoms with Gasteiger partial charge in [0.1, 0.15) is 16.6 Å². The highest BCUT2D eigenvalue weighted by Gasteiger charge is 2.19. The maximum atomic E-state index is 12.4. The molecule has 2 aromatic heterocycles. The van der Waals surface area contributed by atoms with Crippen molar-refractivity contribution in [1.29, 1.82) is 0 Å². The number of carbonyl (C=O) groups excluding carboxylic acids is 1. The standard InChI is InChI=1S/C20H24N6O3S/c1-28-18-11-14(5-6-21-18)19-23-17(13-30-19)25-20(27)24-16-4-2-3-15(22-16)12-26-7-9-29-10-8-26/h2-6,13-14H,7-12H2,1H3,(H2,22,24,25,27). The van der Waals surface area contributed by atoms with Crippen LogP contribution in [0.3, 0.4) is 0 Å². The van der Waals surface area contributed by atoms with Gasteiger partial charge in [-0.05, 0) is 12.1 Å². The van der Waals surface area contributed by atoms with E-state index in [1.807, 2.05) is 23.6 Å². The van der Waals surface area contributed by atoms with Crippen molar-refractivity contribution >= 4 is 34.9 Å². The van der Waals surface area contributed by atoms with Gasteiger partial charge in [0.2, 0.25) is 0 Å². The number of nitrogens with one attached hydrogen (secondary N) is 2. The topological polar surface area (TPSA) is 101 Å². The highest BCUT2D eigenvalue weighted by Crippen LogP contribution is 2.29. The average Bonchev–Trinajstić information content (AvgIpc) is 3.23. The quantitative estimate of drug-likeness (QED) is 0.759. The Labute approximate surface area is 178 Å². The van der Waals surface area contributed by atoms with Crippen molar-refractivity contribution in [2.45, 2.75) is 18.9 Å². The first kappa shape index (κ1) is 20.5. The molecule has 1 atom stereocenters. The van der Waals surface area contributed by atoms with Gasteiger partial charge in [0, 0.05) is 43.6 Å². The summed E-state index contributed by atoms with van der Waals surface area (Å²) in [5.41, 5.74) is 0.908. The van der Waals surface area contributed by atoms with Gasteiger partial charge < -0.3 is 9.47 Å². The van der Waals surface area contributed by atoms with Gasteiger partial charge in [-0.1, -0.05) is 12.1 Å². The molecule has 0 bridgehead atoms. The van der Waals surface area contributed by atoms with Gasteiger partial charge >= 0.3 is 6.03 Å². The van der Waals surface area contributed by atoms with E-state index in [1.165, 1.54) is 11.3 Å². The number of urea groups is 1. The van der Waals surface area contributed by atoms with Gasteiger partial charge in [-0.15, -0.1) is 11.3 Å². The minimum atomic E-state index is -0.374. The Morgan fingerprint density at radius 2 is 2.10 bits per heavy atom. The zero-order chi connectivity index (χ0) is 20.8. The van der Waals surface area contributed by atoms with Gasteiger partial charge in [-0.3, -0.25) is 15.5 Å². The number of methoxy groups -OCH3 is 1. The third-order valence-electron chi connectivity index (χ3n) is 4.79. The second-order valence-corrected chi connectivity index (χ2v) is 7.82. The summed E-state index contributed by atoms with van der Waals surface area (Å²) in [6.07, 6.45) is 4.37. The van der Waals surface area contributed by atoms with Crippen LogP contribution in [0.5, 0.6) is 0 Å². The minimum Gasteiger partial charge on any atom is -0.484 e. The molecule has 0 aliphatic carbocycles. The van der Waals surface area contributed by atoms with Crippen molar-refractivity contribution in [2.24, 2.45) is 4.99 Å². The molecular formula is C20H24N6O3S. The number of hydrogen-bond acceptors (Lipinski definition) is 8. The fourth-order valence-electron chi connectivity index (χ4n) is 3.25. The lowest BCUT2D eigenvalue weighted by atomic mass is 10.1. The van der Waals surface area contributed by atoms with E-state index in [2.05, 4.69) is 30.5 Å². The van der Waals surface area contributed by atoms with Crippen LogP contribution in [0.4, 0.5) is 16.4 Å². The van der Waals surface area contributed by atoms with Crippen LogP contribution in [0.15, 0.2) is 40.8 Å². The molecule has 0 saturated carbocycles. The SMILES string of the molecule is COC1=NC=CC(c2nc(NC(=O)Nc3cccc(CN4CCOCC4)n3)cs2)C1. The number of rotatable bonds is 5. The highest BCUT2D eigenvalue weighted by molar-refractivity contribution is 7.10. The highest BCUT2D eigenvalue weighted by atomic mass is 32.1. The fourth-order valence-corrected chi connectivity index (χ4v) is 4.08. The minimum absolute atomic E-state index is 0.0968. The van der Waals surface area contributed by atoms with E-state index in [-0.39, 0.29) is 11.9 Å². The lowest BCUT2D eigenvalue weighted by molar-refractivity contribution is 0.0337. The van der Waals surface area contributed by atoms with Crippen LogP contribution in [0.1, 0.15) is 23.0 Å². The summed E-state index contributed by atoms with van der Waals surface area (Å²) in [4.78, 5) is 27.9. The van der Waals surface area contributed by atoms with E-state index < -0.39 is 0 Å². The van der Waals surface area contributed by atoms with Gasteiger partial charge in [0.15, 0.2) is 5.90 Å². The Morgan fingerprint density at radius 3 is 2.93 bits per heavy atom. The molecule has 2 amide bonds. The second kappa shape index (κ2) is 9.79. The molecule has 0 aromatic carbocycles. The molecule has 158 valence electrons.